The first-order valence-electron chi connectivity index (χ1n) is 6.88. The third kappa shape index (κ3) is 2.39. The summed E-state index contributed by atoms with van der Waals surface area (Å²) in [6.45, 7) is 4.62. The monoisotopic (exact) mass is 220 g/mol. The predicted molar refractivity (Wildman–Crippen MR) is 67.3 cm³/mol. The van der Waals surface area contributed by atoms with Crippen LogP contribution in [-0.2, 0) is 4.79 Å². The number of hydrogen-bond donors (Lipinski definition) is 0. The SMILES string of the molecule is CCCC[C@@H]1CC[C@]2(C)CCC(=O)C=C2C1. The third-order valence-corrected chi connectivity index (χ3v) is 4.61. The van der Waals surface area contributed by atoms with E-state index in [2.05, 4.69) is 13.8 Å². The van der Waals surface area contributed by atoms with Gasteiger partial charge in [0.15, 0.2) is 5.78 Å². The number of unbranched alkanes of at least 4 members (excludes halogenated alkanes) is 1. The van der Waals surface area contributed by atoms with Gasteiger partial charge in [0.2, 0.25) is 0 Å². The summed E-state index contributed by atoms with van der Waals surface area (Å²) in [4.78, 5) is 11.5. The quantitative estimate of drug-likeness (QED) is 0.694. The second kappa shape index (κ2) is 4.73. The molecule has 0 aliphatic heterocycles. The summed E-state index contributed by atoms with van der Waals surface area (Å²) in [7, 11) is 0. The van der Waals surface area contributed by atoms with Crippen LogP contribution >= 0.6 is 0 Å². The van der Waals surface area contributed by atoms with Crippen LogP contribution in [0.25, 0.3) is 0 Å². The van der Waals surface area contributed by atoms with Crippen LogP contribution in [0.5, 0.6) is 0 Å². The molecule has 0 N–H and O–H groups in total. The van der Waals surface area contributed by atoms with Crippen LogP contribution in [-0.4, -0.2) is 5.78 Å². The largest absolute Gasteiger partial charge is 0.295 e. The number of carbonyl (C=O) groups is 1. The summed E-state index contributed by atoms with van der Waals surface area (Å²) in [5.41, 5.74) is 1.84. The topological polar surface area (TPSA) is 17.1 Å². The lowest BCUT2D eigenvalue weighted by Gasteiger charge is -2.42. The molecule has 0 radical (unpaired) electrons. The highest BCUT2D eigenvalue weighted by Crippen LogP contribution is 2.49. The number of allylic oxidation sites excluding steroid dienone is 2. The molecule has 2 rings (SSSR count). The fourth-order valence-corrected chi connectivity index (χ4v) is 3.27. The lowest BCUT2D eigenvalue weighted by molar-refractivity contribution is -0.115. The molecule has 1 nitrogen and oxygen atoms in total. The van der Waals surface area contributed by atoms with E-state index in [1.165, 1.54) is 44.1 Å². The van der Waals surface area contributed by atoms with Gasteiger partial charge < -0.3 is 0 Å². The van der Waals surface area contributed by atoms with E-state index in [0.29, 0.717) is 11.2 Å². The van der Waals surface area contributed by atoms with Gasteiger partial charge in [0.05, 0.1) is 0 Å². The van der Waals surface area contributed by atoms with Crippen LogP contribution in [0.15, 0.2) is 11.6 Å². The molecule has 90 valence electrons. The van der Waals surface area contributed by atoms with Crippen molar-refractivity contribution in [2.75, 3.05) is 0 Å². The molecule has 0 aromatic heterocycles. The minimum absolute atomic E-state index is 0.364. The molecule has 1 heteroatoms. The van der Waals surface area contributed by atoms with E-state index in [1.807, 2.05) is 6.08 Å². The summed E-state index contributed by atoms with van der Waals surface area (Å²) >= 11 is 0. The van der Waals surface area contributed by atoms with Crippen molar-refractivity contribution in [3.63, 3.8) is 0 Å². The molecule has 2 aliphatic rings. The van der Waals surface area contributed by atoms with Crippen molar-refractivity contribution < 1.29 is 4.79 Å². The molecule has 0 aromatic carbocycles. The molecule has 0 bridgehead atoms. The number of carbonyl (C=O) groups excluding carboxylic acids is 1. The maximum Gasteiger partial charge on any atom is 0.155 e. The minimum Gasteiger partial charge on any atom is -0.295 e. The van der Waals surface area contributed by atoms with Gasteiger partial charge in [-0.05, 0) is 43.1 Å². The lowest BCUT2D eigenvalue weighted by atomic mass is 9.63. The first kappa shape index (κ1) is 11.9. The molecule has 0 aromatic rings. The van der Waals surface area contributed by atoms with Crippen molar-refractivity contribution in [2.45, 2.75) is 65.2 Å². The second-order valence-corrected chi connectivity index (χ2v) is 5.95. The first-order chi connectivity index (χ1) is 7.64. The standard InChI is InChI=1S/C15H24O/c1-3-4-5-12-6-8-15(2)9-7-14(16)11-13(15)10-12/h11-12H,3-10H2,1-2H3/t12-,15-/m1/s1. The Kier molecular flexibility index (Phi) is 3.51. The van der Waals surface area contributed by atoms with Gasteiger partial charge in [-0.25, -0.2) is 0 Å². The van der Waals surface area contributed by atoms with Crippen LogP contribution in [0.2, 0.25) is 0 Å². The van der Waals surface area contributed by atoms with E-state index in [-0.39, 0.29) is 0 Å². The zero-order valence-electron chi connectivity index (χ0n) is 10.7. The molecular weight excluding hydrogens is 196 g/mol. The highest BCUT2D eigenvalue weighted by Gasteiger charge is 2.37. The first-order valence-corrected chi connectivity index (χ1v) is 6.88. The molecule has 0 spiro atoms. The van der Waals surface area contributed by atoms with E-state index in [0.717, 1.165) is 18.8 Å². The summed E-state index contributed by atoms with van der Waals surface area (Å²) in [6.07, 6.45) is 11.7. The van der Waals surface area contributed by atoms with Crippen molar-refractivity contribution in [3.05, 3.63) is 11.6 Å². The van der Waals surface area contributed by atoms with Gasteiger partial charge in [-0.1, -0.05) is 38.7 Å². The molecule has 0 amide bonds. The predicted octanol–water partition coefficient (Wildman–Crippen LogP) is 4.27. The fourth-order valence-electron chi connectivity index (χ4n) is 3.27. The highest BCUT2D eigenvalue weighted by molar-refractivity contribution is 5.91. The molecule has 2 atom stereocenters. The number of fused-ring (bicyclic) bond motifs is 1. The smallest absolute Gasteiger partial charge is 0.155 e. The average molecular weight is 220 g/mol. The van der Waals surface area contributed by atoms with Gasteiger partial charge in [0.1, 0.15) is 0 Å². The van der Waals surface area contributed by atoms with Gasteiger partial charge in [-0.3, -0.25) is 4.79 Å². The maximum absolute atomic E-state index is 11.5. The van der Waals surface area contributed by atoms with Crippen molar-refractivity contribution >= 4 is 5.78 Å². The Hall–Kier alpha value is -0.590. The molecule has 0 saturated heterocycles. The lowest BCUT2D eigenvalue weighted by Crippen LogP contribution is -2.31. The van der Waals surface area contributed by atoms with Crippen LogP contribution in [0.1, 0.15) is 65.2 Å². The summed E-state index contributed by atoms with van der Waals surface area (Å²) in [5, 5.41) is 0. The Morgan fingerprint density at radius 1 is 1.44 bits per heavy atom. The summed E-state index contributed by atoms with van der Waals surface area (Å²) < 4.78 is 0. The van der Waals surface area contributed by atoms with Crippen LogP contribution < -0.4 is 0 Å². The zero-order chi connectivity index (χ0) is 11.6. The molecule has 16 heavy (non-hydrogen) atoms. The normalized spacial score (nSPS) is 34.5. The molecule has 2 aliphatic carbocycles. The molecule has 1 fully saturated rings. The van der Waals surface area contributed by atoms with E-state index in [1.54, 1.807) is 0 Å². The van der Waals surface area contributed by atoms with Gasteiger partial charge in [0.25, 0.3) is 0 Å². The van der Waals surface area contributed by atoms with E-state index in [4.69, 9.17) is 0 Å². The number of rotatable bonds is 3. The van der Waals surface area contributed by atoms with Gasteiger partial charge in [-0.15, -0.1) is 0 Å². The minimum atomic E-state index is 0.364. The van der Waals surface area contributed by atoms with E-state index in [9.17, 15) is 4.79 Å². The van der Waals surface area contributed by atoms with Crippen LogP contribution in [0, 0.1) is 11.3 Å². The molecule has 1 saturated carbocycles. The summed E-state index contributed by atoms with van der Waals surface area (Å²) in [6, 6.07) is 0. The van der Waals surface area contributed by atoms with Crippen LogP contribution in [0.3, 0.4) is 0 Å². The second-order valence-electron chi connectivity index (χ2n) is 5.95. The Morgan fingerprint density at radius 3 is 3.00 bits per heavy atom. The fraction of sp³-hybridized carbons (Fsp3) is 0.800. The highest BCUT2D eigenvalue weighted by atomic mass is 16.1. The van der Waals surface area contributed by atoms with Gasteiger partial charge in [0, 0.05) is 6.42 Å². The Morgan fingerprint density at radius 2 is 2.25 bits per heavy atom. The van der Waals surface area contributed by atoms with Crippen molar-refractivity contribution in [1.82, 2.24) is 0 Å². The molecular formula is C15H24O. The van der Waals surface area contributed by atoms with Crippen molar-refractivity contribution in [3.8, 4) is 0 Å². The van der Waals surface area contributed by atoms with Crippen molar-refractivity contribution in [2.24, 2.45) is 11.3 Å². The third-order valence-electron chi connectivity index (χ3n) is 4.61. The van der Waals surface area contributed by atoms with E-state index < -0.39 is 0 Å². The zero-order valence-corrected chi connectivity index (χ0v) is 10.7. The van der Waals surface area contributed by atoms with Crippen molar-refractivity contribution in [1.29, 1.82) is 0 Å². The average Bonchev–Trinajstić information content (AvgIpc) is 2.27. The Balaban J connectivity index is 2.03. The number of hydrogen-bond acceptors (Lipinski definition) is 1. The Bertz CT molecular complexity index is 303. The molecule has 0 heterocycles. The molecule has 0 unspecified atom stereocenters. The van der Waals surface area contributed by atoms with E-state index >= 15 is 0 Å². The van der Waals surface area contributed by atoms with Gasteiger partial charge in [-0.2, -0.15) is 0 Å². The van der Waals surface area contributed by atoms with Crippen LogP contribution in [0.4, 0.5) is 0 Å². The summed E-state index contributed by atoms with van der Waals surface area (Å²) in [5.74, 6) is 1.22. The Labute approximate surface area is 99.3 Å². The maximum atomic E-state index is 11.5. The number of ketones is 1. The van der Waals surface area contributed by atoms with Gasteiger partial charge >= 0.3 is 0 Å².